The van der Waals surface area contributed by atoms with Gasteiger partial charge in [0.2, 0.25) is 0 Å². The molecule has 0 bridgehead atoms. The zero-order valence-electron chi connectivity index (χ0n) is 15.9. The number of hydrogen-bond donors (Lipinski definition) is 2. The summed E-state index contributed by atoms with van der Waals surface area (Å²) in [6.45, 7) is 11.2. The fourth-order valence-corrected chi connectivity index (χ4v) is 2.63. The summed E-state index contributed by atoms with van der Waals surface area (Å²) in [5, 5.41) is 13.6. The van der Waals surface area contributed by atoms with Gasteiger partial charge in [0.05, 0.1) is 20.3 Å². The van der Waals surface area contributed by atoms with Crippen molar-refractivity contribution in [2.45, 2.75) is 39.0 Å². The number of methoxy groups -OCH3 is 1. The second kappa shape index (κ2) is 9.38. The van der Waals surface area contributed by atoms with Crippen LogP contribution < -0.4 is 14.8 Å². The number of nitrogens with zero attached hydrogens (tertiary/aromatic N) is 1. The van der Waals surface area contributed by atoms with Gasteiger partial charge in [-0.05, 0) is 38.5 Å². The lowest BCUT2D eigenvalue weighted by Crippen LogP contribution is -2.42. The standard InChI is InChI=1S/C19H32N2O4/c1-19(2,3)20-12-15-5-6-17(18(11-15)23-4)25-14-16(22)13-21-7-9-24-10-8-21/h5-6,11,16,20,22H,7-10,12-14H2,1-4H3/t16-/m0/s1. The number of aliphatic hydroxyl groups excluding tert-OH is 1. The molecule has 1 heterocycles. The molecule has 0 unspecified atom stereocenters. The van der Waals surface area contributed by atoms with Crippen molar-refractivity contribution in [1.82, 2.24) is 10.2 Å². The Labute approximate surface area is 151 Å². The van der Waals surface area contributed by atoms with Crippen LogP contribution in [-0.4, -0.2) is 68.2 Å². The summed E-state index contributed by atoms with van der Waals surface area (Å²) < 4.78 is 16.5. The van der Waals surface area contributed by atoms with E-state index < -0.39 is 6.10 Å². The molecule has 1 aromatic carbocycles. The molecule has 142 valence electrons. The summed E-state index contributed by atoms with van der Waals surface area (Å²) in [6.07, 6.45) is -0.537. The van der Waals surface area contributed by atoms with E-state index >= 15 is 0 Å². The Hall–Kier alpha value is -1.34. The predicted octanol–water partition coefficient (Wildman–Crippen LogP) is 1.66. The van der Waals surface area contributed by atoms with Crippen LogP contribution in [0.15, 0.2) is 18.2 Å². The summed E-state index contributed by atoms with van der Waals surface area (Å²) >= 11 is 0. The number of morpholine rings is 1. The van der Waals surface area contributed by atoms with Crippen LogP contribution in [0, 0.1) is 0 Å². The van der Waals surface area contributed by atoms with Gasteiger partial charge >= 0.3 is 0 Å². The van der Waals surface area contributed by atoms with E-state index in [1.54, 1.807) is 7.11 Å². The van der Waals surface area contributed by atoms with Crippen LogP contribution in [0.2, 0.25) is 0 Å². The smallest absolute Gasteiger partial charge is 0.161 e. The van der Waals surface area contributed by atoms with Crippen molar-refractivity contribution >= 4 is 0 Å². The van der Waals surface area contributed by atoms with Gasteiger partial charge in [-0.15, -0.1) is 0 Å². The van der Waals surface area contributed by atoms with E-state index in [1.165, 1.54) is 0 Å². The van der Waals surface area contributed by atoms with Gasteiger partial charge in [0.15, 0.2) is 11.5 Å². The average molecular weight is 352 g/mol. The number of benzene rings is 1. The van der Waals surface area contributed by atoms with Crippen molar-refractivity contribution in [3.8, 4) is 11.5 Å². The zero-order valence-corrected chi connectivity index (χ0v) is 15.9. The molecule has 0 aliphatic carbocycles. The molecule has 1 atom stereocenters. The average Bonchev–Trinajstić information content (AvgIpc) is 2.58. The van der Waals surface area contributed by atoms with E-state index in [-0.39, 0.29) is 12.1 Å². The molecule has 1 aliphatic rings. The monoisotopic (exact) mass is 352 g/mol. The van der Waals surface area contributed by atoms with Crippen molar-refractivity contribution < 1.29 is 19.3 Å². The molecular formula is C19H32N2O4. The van der Waals surface area contributed by atoms with Crippen LogP contribution in [0.3, 0.4) is 0 Å². The van der Waals surface area contributed by atoms with Crippen LogP contribution in [0.4, 0.5) is 0 Å². The van der Waals surface area contributed by atoms with Crippen molar-refractivity contribution in [3.05, 3.63) is 23.8 Å². The van der Waals surface area contributed by atoms with E-state index in [0.29, 0.717) is 18.0 Å². The highest BCUT2D eigenvalue weighted by atomic mass is 16.5. The third-order valence-electron chi connectivity index (χ3n) is 4.05. The highest BCUT2D eigenvalue weighted by molar-refractivity contribution is 5.43. The summed E-state index contributed by atoms with van der Waals surface area (Å²) in [6, 6.07) is 5.90. The van der Waals surface area contributed by atoms with Gasteiger partial charge in [0.25, 0.3) is 0 Å². The molecular weight excluding hydrogens is 320 g/mol. The molecule has 25 heavy (non-hydrogen) atoms. The zero-order chi connectivity index (χ0) is 18.3. The van der Waals surface area contributed by atoms with Crippen molar-refractivity contribution in [2.24, 2.45) is 0 Å². The van der Waals surface area contributed by atoms with Gasteiger partial charge in [-0.25, -0.2) is 0 Å². The number of aliphatic hydroxyl groups is 1. The predicted molar refractivity (Wildman–Crippen MR) is 98.3 cm³/mol. The lowest BCUT2D eigenvalue weighted by atomic mass is 10.1. The molecule has 1 fully saturated rings. The van der Waals surface area contributed by atoms with E-state index in [9.17, 15) is 5.11 Å². The van der Waals surface area contributed by atoms with E-state index in [0.717, 1.165) is 38.4 Å². The SMILES string of the molecule is COc1cc(CNC(C)(C)C)ccc1OC[C@@H](O)CN1CCOCC1. The Morgan fingerprint density at radius 3 is 2.60 bits per heavy atom. The summed E-state index contributed by atoms with van der Waals surface area (Å²) in [5.74, 6) is 1.34. The highest BCUT2D eigenvalue weighted by Crippen LogP contribution is 2.28. The second-order valence-corrected chi connectivity index (χ2v) is 7.47. The summed E-state index contributed by atoms with van der Waals surface area (Å²) in [4.78, 5) is 2.19. The Kier molecular flexibility index (Phi) is 7.50. The maximum absolute atomic E-state index is 10.2. The lowest BCUT2D eigenvalue weighted by Gasteiger charge is -2.28. The molecule has 1 aromatic rings. The maximum Gasteiger partial charge on any atom is 0.161 e. The molecule has 6 nitrogen and oxygen atoms in total. The first-order valence-electron chi connectivity index (χ1n) is 8.90. The van der Waals surface area contributed by atoms with Gasteiger partial charge in [-0.2, -0.15) is 0 Å². The van der Waals surface area contributed by atoms with Crippen molar-refractivity contribution in [1.29, 1.82) is 0 Å². The van der Waals surface area contributed by atoms with Gasteiger partial charge in [-0.3, -0.25) is 4.90 Å². The van der Waals surface area contributed by atoms with E-state index in [1.807, 2.05) is 18.2 Å². The molecule has 2 rings (SSSR count). The Balaban J connectivity index is 1.85. The third kappa shape index (κ3) is 7.20. The fraction of sp³-hybridized carbons (Fsp3) is 0.684. The van der Waals surface area contributed by atoms with Crippen LogP contribution in [0.25, 0.3) is 0 Å². The fourth-order valence-electron chi connectivity index (χ4n) is 2.63. The van der Waals surface area contributed by atoms with Crippen molar-refractivity contribution in [2.75, 3.05) is 46.6 Å². The van der Waals surface area contributed by atoms with Crippen LogP contribution in [0.5, 0.6) is 11.5 Å². The molecule has 1 aliphatic heterocycles. The summed E-state index contributed by atoms with van der Waals surface area (Å²) in [7, 11) is 1.63. The normalized spacial score (nSPS) is 17.3. The van der Waals surface area contributed by atoms with Crippen molar-refractivity contribution in [3.63, 3.8) is 0 Å². The first-order valence-corrected chi connectivity index (χ1v) is 8.90. The molecule has 0 saturated carbocycles. The molecule has 0 amide bonds. The first kappa shape index (κ1) is 20.0. The van der Waals surface area contributed by atoms with Gasteiger partial charge in [-0.1, -0.05) is 6.07 Å². The van der Waals surface area contributed by atoms with E-state index in [4.69, 9.17) is 14.2 Å². The topological polar surface area (TPSA) is 63.2 Å². The van der Waals surface area contributed by atoms with Crippen LogP contribution >= 0.6 is 0 Å². The maximum atomic E-state index is 10.2. The largest absolute Gasteiger partial charge is 0.493 e. The molecule has 1 saturated heterocycles. The quantitative estimate of drug-likeness (QED) is 0.742. The number of rotatable bonds is 8. The van der Waals surface area contributed by atoms with Gasteiger partial charge in [0.1, 0.15) is 12.7 Å². The van der Waals surface area contributed by atoms with Crippen LogP contribution in [-0.2, 0) is 11.3 Å². The van der Waals surface area contributed by atoms with E-state index in [2.05, 4.69) is 31.0 Å². The number of hydrogen-bond acceptors (Lipinski definition) is 6. The van der Waals surface area contributed by atoms with Gasteiger partial charge < -0.3 is 24.6 Å². The minimum Gasteiger partial charge on any atom is -0.493 e. The minimum atomic E-state index is -0.537. The number of β-amino-alcohol motifs (C(OH)–C–C–N with tert-alkyl or cyclic N) is 1. The molecule has 0 radical (unpaired) electrons. The number of ether oxygens (including phenoxy) is 3. The first-order chi connectivity index (χ1) is 11.9. The Morgan fingerprint density at radius 1 is 1.24 bits per heavy atom. The molecule has 6 heteroatoms. The molecule has 0 aromatic heterocycles. The lowest BCUT2D eigenvalue weighted by molar-refractivity contribution is 0.00445. The minimum absolute atomic E-state index is 0.0615. The van der Waals surface area contributed by atoms with Gasteiger partial charge in [0, 0.05) is 31.7 Å². The summed E-state index contributed by atoms with van der Waals surface area (Å²) in [5.41, 5.74) is 1.19. The molecule has 2 N–H and O–H groups in total. The Morgan fingerprint density at radius 2 is 1.96 bits per heavy atom. The number of nitrogens with one attached hydrogen (secondary N) is 1. The third-order valence-corrected chi connectivity index (χ3v) is 4.05. The van der Waals surface area contributed by atoms with Crippen LogP contribution in [0.1, 0.15) is 26.3 Å². The Bertz CT molecular complexity index is 525. The highest BCUT2D eigenvalue weighted by Gasteiger charge is 2.16. The molecule has 0 spiro atoms. The second-order valence-electron chi connectivity index (χ2n) is 7.47.